The summed E-state index contributed by atoms with van der Waals surface area (Å²) < 4.78 is 74.9. The molecule has 1 aliphatic carbocycles. The van der Waals surface area contributed by atoms with Gasteiger partial charge in [0.15, 0.2) is 29.4 Å². The summed E-state index contributed by atoms with van der Waals surface area (Å²) in [5.74, 6) is -4.70. The Balaban J connectivity index is 1.64. The van der Waals surface area contributed by atoms with Gasteiger partial charge in [-0.25, -0.2) is 26.3 Å². The summed E-state index contributed by atoms with van der Waals surface area (Å²) >= 11 is 0. The number of benzene rings is 1. The molecule has 2 aromatic rings. The summed E-state index contributed by atoms with van der Waals surface area (Å²) in [5, 5.41) is 23.3. The summed E-state index contributed by atoms with van der Waals surface area (Å²) in [5.41, 5.74) is -0.285. The van der Waals surface area contributed by atoms with E-state index in [1.54, 1.807) is 0 Å². The molecule has 0 bridgehead atoms. The van der Waals surface area contributed by atoms with E-state index in [2.05, 4.69) is 10.0 Å². The molecule has 164 valence electrons. The first-order chi connectivity index (χ1) is 14.1. The minimum absolute atomic E-state index is 0.000121. The van der Waals surface area contributed by atoms with Crippen LogP contribution in [0.3, 0.4) is 0 Å². The number of halogens is 3. The molecule has 1 saturated carbocycles. The van der Waals surface area contributed by atoms with Crippen molar-refractivity contribution in [3.05, 3.63) is 41.5 Å². The topological polar surface area (TPSA) is 113 Å². The fraction of sp³-hybridized carbons (Fsp3) is 0.444. The van der Waals surface area contributed by atoms with Gasteiger partial charge in [0.25, 0.3) is 0 Å². The van der Waals surface area contributed by atoms with E-state index in [4.69, 9.17) is 4.74 Å². The molecule has 1 aromatic carbocycles. The zero-order chi connectivity index (χ0) is 21.8. The molecule has 0 spiro atoms. The third kappa shape index (κ3) is 3.75. The molecule has 0 saturated heterocycles. The summed E-state index contributed by atoms with van der Waals surface area (Å²) in [6, 6.07) is 0.452. The van der Waals surface area contributed by atoms with Crippen LogP contribution in [0, 0.1) is 23.4 Å². The molecule has 0 radical (unpaired) electrons. The minimum atomic E-state index is -4.07. The van der Waals surface area contributed by atoms with Crippen molar-refractivity contribution in [3.63, 3.8) is 0 Å². The highest BCUT2D eigenvalue weighted by atomic mass is 32.2. The van der Waals surface area contributed by atoms with Gasteiger partial charge in [0.2, 0.25) is 10.0 Å². The Morgan fingerprint density at radius 3 is 2.47 bits per heavy atom. The largest absolute Gasteiger partial charge is 0.488 e. The molecule has 8 nitrogen and oxygen atoms in total. The SMILES string of the molecule is Cn1cc2c(c1C(O)Nc1cc(F)c(F)c(F)c1)OC[C@H](C(O)C1CC1)NS2(=O)=O. The number of ether oxygens (including phenoxy) is 1. The Hall–Kier alpha value is -2.28. The van der Waals surface area contributed by atoms with Gasteiger partial charge in [0.05, 0.1) is 12.1 Å². The maximum Gasteiger partial charge on any atom is 0.246 e. The number of rotatable bonds is 5. The van der Waals surface area contributed by atoms with Crippen LogP contribution < -0.4 is 14.8 Å². The summed E-state index contributed by atoms with van der Waals surface area (Å²) in [4.78, 5) is -0.247. The first-order valence-corrected chi connectivity index (χ1v) is 10.7. The smallest absolute Gasteiger partial charge is 0.246 e. The standard InChI is InChI=1S/C18H20F3N3O5S/c1-24-6-13-17(29-7-12(23-30(13,27)28)16(25)8-2-3-8)15(24)18(26)22-9-4-10(19)14(21)11(20)5-9/h4-6,8,12,16,18,22-23,25-26H,2-3,7H2,1H3/t12-,16?,18?/m1/s1. The van der Waals surface area contributed by atoms with E-state index in [1.807, 2.05) is 0 Å². The highest BCUT2D eigenvalue weighted by Crippen LogP contribution is 2.39. The molecule has 4 rings (SSSR count). The van der Waals surface area contributed by atoms with Crippen LogP contribution >= 0.6 is 0 Å². The molecule has 4 N–H and O–H groups in total. The summed E-state index contributed by atoms with van der Waals surface area (Å²) in [6.07, 6.45) is 0.269. The maximum absolute atomic E-state index is 13.5. The summed E-state index contributed by atoms with van der Waals surface area (Å²) in [6.45, 7) is -0.173. The van der Waals surface area contributed by atoms with Crippen LogP contribution in [0.4, 0.5) is 18.9 Å². The quantitative estimate of drug-likeness (QED) is 0.407. The number of aliphatic hydroxyl groups excluding tert-OH is 2. The van der Waals surface area contributed by atoms with E-state index < -0.39 is 45.8 Å². The number of nitrogens with zero attached hydrogens (tertiary/aromatic N) is 1. The number of aryl methyl sites for hydroxylation is 1. The lowest BCUT2D eigenvalue weighted by Gasteiger charge is -2.22. The average Bonchev–Trinajstić information content (AvgIpc) is 3.46. The van der Waals surface area contributed by atoms with E-state index in [0.717, 1.165) is 12.8 Å². The zero-order valence-corrected chi connectivity index (χ0v) is 16.6. The molecule has 2 heterocycles. The van der Waals surface area contributed by atoms with Crippen LogP contribution in [0.1, 0.15) is 24.8 Å². The van der Waals surface area contributed by atoms with Gasteiger partial charge >= 0.3 is 0 Å². The van der Waals surface area contributed by atoms with Crippen LogP contribution in [0.15, 0.2) is 23.2 Å². The molecule has 2 unspecified atom stereocenters. The predicted molar refractivity (Wildman–Crippen MR) is 98.6 cm³/mol. The fourth-order valence-electron chi connectivity index (χ4n) is 3.51. The van der Waals surface area contributed by atoms with Crippen molar-refractivity contribution >= 4 is 15.7 Å². The van der Waals surface area contributed by atoms with Gasteiger partial charge in [0, 0.05) is 31.1 Å². The molecular weight excluding hydrogens is 427 g/mol. The van der Waals surface area contributed by atoms with Crippen molar-refractivity contribution in [2.24, 2.45) is 13.0 Å². The lowest BCUT2D eigenvalue weighted by Crippen LogP contribution is -2.46. The average molecular weight is 447 g/mol. The molecule has 12 heteroatoms. The van der Waals surface area contributed by atoms with Crippen LogP contribution in [0.2, 0.25) is 0 Å². The Bertz CT molecular complexity index is 1060. The predicted octanol–water partition coefficient (Wildman–Crippen LogP) is 1.36. The first kappa shape index (κ1) is 21.0. The van der Waals surface area contributed by atoms with Gasteiger partial charge in [-0.2, -0.15) is 0 Å². The van der Waals surface area contributed by atoms with Gasteiger partial charge in [0.1, 0.15) is 17.2 Å². The number of anilines is 1. The van der Waals surface area contributed by atoms with E-state index in [-0.39, 0.29) is 34.6 Å². The van der Waals surface area contributed by atoms with Gasteiger partial charge in [-0.05, 0) is 18.8 Å². The molecular formula is C18H20F3N3O5S. The second kappa shape index (κ2) is 7.45. The van der Waals surface area contributed by atoms with Gasteiger partial charge in [-0.1, -0.05) is 0 Å². The van der Waals surface area contributed by atoms with Crippen LogP contribution in [0.5, 0.6) is 5.75 Å². The van der Waals surface area contributed by atoms with Crippen LogP contribution in [-0.2, 0) is 17.1 Å². The van der Waals surface area contributed by atoms with Gasteiger partial charge < -0.3 is 24.8 Å². The van der Waals surface area contributed by atoms with Gasteiger partial charge in [-0.3, -0.25) is 0 Å². The van der Waals surface area contributed by atoms with Crippen molar-refractivity contribution in [1.29, 1.82) is 0 Å². The van der Waals surface area contributed by atoms with Crippen molar-refractivity contribution in [1.82, 2.24) is 9.29 Å². The Morgan fingerprint density at radius 1 is 1.23 bits per heavy atom. The van der Waals surface area contributed by atoms with Crippen LogP contribution in [0.25, 0.3) is 0 Å². The number of hydrogen-bond acceptors (Lipinski definition) is 6. The highest BCUT2D eigenvalue weighted by molar-refractivity contribution is 7.89. The van der Waals surface area contributed by atoms with Crippen molar-refractivity contribution in [3.8, 4) is 5.75 Å². The Kier molecular flexibility index (Phi) is 5.21. The maximum atomic E-state index is 13.5. The molecule has 2 aliphatic rings. The monoisotopic (exact) mass is 447 g/mol. The number of nitrogens with one attached hydrogen (secondary N) is 2. The number of fused-ring (bicyclic) bond motifs is 1. The Morgan fingerprint density at radius 2 is 1.87 bits per heavy atom. The molecule has 30 heavy (non-hydrogen) atoms. The summed E-state index contributed by atoms with van der Waals surface area (Å²) in [7, 11) is -2.62. The number of aliphatic hydroxyl groups is 2. The van der Waals surface area contributed by atoms with Crippen LogP contribution in [-0.4, -0.2) is 42.0 Å². The first-order valence-electron chi connectivity index (χ1n) is 9.20. The van der Waals surface area contributed by atoms with Crippen molar-refractivity contribution < 1.29 is 36.5 Å². The third-order valence-corrected chi connectivity index (χ3v) is 6.70. The number of hydrogen-bond donors (Lipinski definition) is 4. The molecule has 3 atom stereocenters. The molecule has 0 amide bonds. The molecule has 1 aliphatic heterocycles. The van der Waals surface area contributed by atoms with Crippen molar-refractivity contribution in [2.75, 3.05) is 11.9 Å². The highest BCUT2D eigenvalue weighted by Gasteiger charge is 2.41. The third-order valence-electron chi connectivity index (χ3n) is 5.21. The molecule has 1 fully saturated rings. The Labute approximate surface area is 170 Å². The zero-order valence-electron chi connectivity index (χ0n) is 15.8. The van der Waals surface area contributed by atoms with E-state index in [9.17, 15) is 31.8 Å². The van der Waals surface area contributed by atoms with Crippen molar-refractivity contribution in [2.45, 2.75) is 36.1 Å². The minimum Gasteiger partial charge on any atom is -0.488 e. The lowest BCUT2D eigenvalue weighted by atomic mass is 10.1. The van der Waals surface area contributed by atoms with Gasteiger partial charge in [-0.15, -0.1) is 0 Å². The molecule has 1 aromatic heterocycles. The lowest BCUT2D eigenvalue weighted by molar-refractivity contribution is 0.0896. The van der Waals surface area contributed by atoms with E-state index in [0.29, 0.717) is 12.1 Å². The normalized spacial score (nSPS) is 22.5. The number of aromatic nitrogens is 1. The number of sulfonamides is 1. The fourth-order valence-corrected chi connectivity index (χ4v) is 4.95. The second-order valence-corrected chi connectivity index (χ2v) is 9.17. The van der Waals surface area contributed by atoms with E-state index >= 15 is 0 Å². The second-order valence-electron chi connectivity index (χ2n) is 7.49. The van der Waals surface area contributed by atoms with E-state index in [1.165, 1.54) is 17.8 Å².